The first kappa shape index (κ1) is 37.0. The molecule has 0 aliphatic heterocycles. The molecule has 5 heteroatoms. The summed E-state index contributed by atoms with van der Waals surface area (Å²) < 4.78 is 24.2. The van der Waals surface area contributed by atoms with E-state index in [1.54, 1.807) is 0 Å². The number of hydrogen-bond donors (Lipinski definition) is 0. The summed E-state index contributed by atoms with van der Waals surface area (Å²) in [4.78, 5) is 13.3. The molecule has 0 saturated heterocycles. The average Bonchev–Trinajstić information content (AvgIpc) is 2.97. The topological polar surface area (TPSA) is 57.9 Å². The second-order valence-electron chi connectivity index (χ2n) is 12.4. The maximum atomic E-state index is 13.3. The number of fused-ring (bicyclic) bond motifs is 1. The van der Waals surface area contributed by atoms with Crippen LogP contribution in [0.5, 0.6) is 17.2 Å². The van der Waals surface area contributed by atoms with E-state index in [2.05, 4.69) is 72.8 Å². The summed E-state index contributed by atoms with van der Waals surface area (Å²) in [5.41, 5.74) is 4.99. The lowest BCUT2D eigenvalue weighted by Gasteiger charge is -2.15. The lowest BCUT2D eigenvalue weighted by molar-refractivity contribution is 0.263. The zero-order valence-corrected chi connectivity index (χ0v) is 28.7. The minimum absolute atomic E-state index is 0.142. The molecule has 0 aliphatic carbocycles. The summed E-state index contributed by atoms with van der Waals surface area (Å²) in [6.45, 7) is 16.1. The van der Waals surface area contributed by atoms with E-state index >= 15 is 0 Å². The van der Waals surface area contributed by atoms with Crippen molar-refractivity contribution >= 4 is 11.0 Å². The number of hydrogen-bond acceptors (Lipinski definition) is 5. The predicted octanol–water partition coefficient (Wildman–Crippen LogP) is 11.5. The molecule has 244 valence electrons. The molecule has 0 radical (unpaired) electrons. The monoisotopic (exact) mass is 606 g/mol. The molecule has 1 aromatic heterocycles. The zero-order chi connectivity index (χ0) is 32.2. The van der Waals surface area contributed by atoms with Gasteiger partial charge in [0.1, 0.15) is 13.2 Å². The van der Waals surface area contributed by atoms with Gasteiger partial charge in [-0.3, -0.25) is 0 Å². The number of allylic oxidation sites excluding steroid dienone is 6. The summed E-state index contributed by atoms with van der Waals surface area (Å²) in [6.07, 6.45) is 22.2. The van der Waals surface area contributed by atoms with Crippen LogP contribution in [-0.2, 0) is 0 Å². The molecule has 0 fully saturated rings. The molecule has 2 rings (SSSR count). The Morgan fingerprint density at radius 1 is 0.682 bits per heavy atom. The Kier molecular flexibility index (Phi) is 18.1. The summed E-state index contributed by atoms with van der Waals surface area (Å²) in [5.74, 6) is 1.08. The second kappa shape index (κ2) is 21.5. The van der Waals surface area contributed by atoms with Crippen molar-refractivity contribution in [1.29, 1.82) is 0 Å². The fourth-order valence-corrected chi connectivity index (χ4v) is 4.87. The summed E-state index contributed by atoms with van der Waals surface area (Å²) >= 11 is 0. The van der Waals surface area contributed by atoms with Crippen LogP contribution in [0.4, 0.5) is 0 Å². The third-order valence-electron chi connectivity index (χ3n) is 7.57. The molecule has 2 aromatic rings. The highest BCUT2D eigenvalue weighted by Crippen LogP contribution is 2.37. The van der Waals surface area contributed by atoms with Crippen molar-refractivity contribution in [2.75, 3.05) is 19.8 Å². The van der Waals surface area contributed by atoms with Crippen molar-refractivity contribution in [3.05, 3.63) is 75.2 Å². The SMILES string of the molecule is CCCCCCCCCCOc1c(OCC=C(C)CCC=C(C)C)c2cccc(OCC=C(C)CCC=C(C)C)c2oc1=O. The molecule has 1 heterocycles. The molecule has 0 N–H and O–H groups in total. The fraction of sp³-hybridized carbons (Fsp3) is 0.564. The van der Waals surface area contributed by atoms with Crippen LogP contribution in [0.15, 0.2) is 74.0 Å². The molecule has 0 aliphatic rings. The van der Waals surface area contributed by atoms with Gasteiger partial charge < -0.3 is 18.6 Å². The van der Waals surface area contributed by atoms with E-state index in [9.17, 15) is 4.79 Å². The van der Waals surface area contributed by atoms with Crippen molar-refractivity contribution in [3.63, 3.8) is 0 Å². The van der Waals surface area contributed by atoms with Gasteiger partial charge in [-0.05, 0) is 97.9 Å². The van der Waals surface area contributed by atoms with Crippen molar-refractivity contribution in [1.82, 2.24) is 0 Å². The van der Waals surface area contributed by atoms with E-state index < -0.39 is 5.63 Å². The predicted molar refractivity (Wildman–Crippen MR) is 186 cm³/mol. The normalized spacial score (nSPS) is 11.9. The summed E-state index contributed by atoms with van der Waals surface area (Å²) in [5, 5.41) is 0.674. The lowest BCUT2D eigenvalue weighted by atomic mass is 10.1. The number of para-hydroxylation sites is 1. The molecule has 0 spiro atoms. The molecule has 5 nitrogen and oxygen atoms in total. The first-order chi connectivity index (χ1) is 21.2. The van der Waals surface area contributed by atoms with Gasteiger partial charge in [-0.2, -0.15) is 0 Å². The van der Waals surface area contributed by atoms with Gasteiger partial charge in [0, 0.05) is 0 Å². The number of benzene rings is 1. The van der Waals surface area contributed by atoms with Gasteiger partial charge >= 0.3 is 5.63 Å². The average molecular weight is 607 g/mol. The highest BCUT2D eigenvalue weighted by Gasteiger charge is 2.20. The van der Waals surface area contributed by atoms with Crippen LogP contribution in [0.1, 0.15) is 126 Å². The van der Waals surface area contributed by atoms with E-state index in [1.165, 1.54) is 60.8 Å². The molecule has 0 unspecified atom stereocenters. The van der Waals surface area contributed by atoms with E-state index in [1.807, 2.05) is 18.2 Å². The first-order valence-corrected chi connectivity index (χ1v) is 16.8. The van der Waals surface area contributed by atoms with Gasteiger partial charge in [0.2, 0.25) is 5.75 Å². The minimum atomic E-state index is -0.541. The summed E-state index contributed by atoms with van der Waals surface area (Å²) in [7, 11) is 0. The van der Waals surface area contributed by atoms with Crippen LogP contribution in [-0.4, -0.2) is 19.8 Å². The molecule has 0 amide bonds. The molecule has 0 atom stereocenters. The Bertz CT molecular complexity index is 1300. The van der Waals surface area contributed by atoms with Gasteiger partial charge in [0.05, 0.1) is 12.0 Å². The third kappa shape index (κ3) is 14.5. The van der Waals surface area contributed by atoms with Gasteiger partial charge in [-0.1, -0.05) is 92.4 Å². The Morgan fingerprint density at radius 2 is 1.25 bits per heavy atom. The number of rotatable bonds is 22. The van der Waals surface area contributed by atoms with E-state index in [4.69, 9.17) is 18.6 Å². The fourth-order valence-electron chi connectivity index (χ4n) is 4.87. The van der Waals surface area contributed by atoms with E-state index in [-0.39, 0.29) is 5.75 Å². The molecule has 0 saturated carbocycles. The van der Waals surface area contributed by atoms with Crippen LogP contribution in [0.2, 0.25) is 0 Å². The van der Waals surface area contributed by atoms with Gasteiger partial charge in [0.15, 0.2) is 17.1 Å². The van der Waals surface area contributed by atoms with Crippen molar-refractivity contribution in [2.45, 2.75) is 126 Å². The van der Waals surface area contributed by atoms with Gasteiger partial charge in [-0.15, -0.1) is 0 Å². The van der Waals surface area contributed by atoms with Crippen LogP contribution in [0.3, 0.4) is 0 Å². The smallest absolute Gasteiger partial charge is 0.383 e. The molecule has 44 heavy (non-hydrogen) atoms. The van der Waals surface area contributed by atoms with Crippen molar-refractivity contribution in [2.24, 2.45) is 0 Å². The Hall–Kier alpha value is -3.21. The van der Waals surface area contributed by atoms with Crippen LogP contribution < -0.4 is 19.8 Å². The molecule has 0 bridgehead atoms. The lowest BCUT2D eigenvalue weighted by Crippen LogP contribution is -2.12. The van der Waals surface area contributed by atoms with Gasteiger partial charge in [0.25, 0.3) is 0 Å². The number of ether oxygens (including phenoxy) is 3. The van der Waals surface area contributed by atoms with Crippen molar-refractivity contribution < 1.29 is 18.6 Å². The van der Waals surface area contributed by atoms with E-state index in [0.29, 0.717) is 42.3 Å². The van der Waals surface area contributed by atoms with E-state index in [0.717, 1.165) is 38.5 Å². The molecular weight excluding hydrogens is 548 g/mol. The van der Waals surface area contributed by atoms with Crippen molar-refractivity contribution in [3.8, 4) is 17.2 Å². The third-order valence-corrected chi connectivity index (χ3v) is 7.57. The number of unbranched alkanes of at least 4 members (excludes halogenated alkanes) is 7. The molecule has 1 aromatic carbocycles. The van der Waals surface area contributed by atoms with Crippen LogP contribution in [0, 0.1) is 0 Å². The standard InChI is InChI=1S/C39H58O5/c1-8-9-10-11-12-13-14-15-27-42-38-37(43-29-26-33(7)22-17-20-31(4)5)34-23-18-24-35(36(34)44-39(38)40)41-28-25-32(6)21-16-19-30(2)3/h18-20,23-26H,8-17,21-22,27-29H2,1-7H3. The Labute approximate surface area is 267 Å². The van der Waals surface area contributed by atoms with Crippen LogP contribution >= 0.6 is 0 Å². The quantitative estimate of drug-likeness (QED) is 0.0758. The Balaban J connectivity index is 2.20. The van der Waals surface area contributed by atoms with Gasteiger partial charge in [-0.25, -0.2) is 4.79 Å². The highest BCUT2D eigenvalue weighted by atomic mass is 16.5. The largest absolute Gasteiger partial charge is 0.486 e. The summed E-state index contributed by atoms with van der Waals surface area (Å²) in [6, 6.07) is 5.63. The zero-order valence-electron chi connectivity index (χ0n) is 28.7. The van der Waals surface area contributed by atoms with Crippen LogP contribution in [0.25, 0.3) is 11.0 Å². The molecular formula is C39H58O5. The second-order valence-corrected chi connectivity index (χ2v) is 12.4. The highest BCUT2D eigenvalue weighted by molar-refractivity contribution is 5.89. The maximum Gasteiger partial charge on any atom is 0.383 e. The Morgan fingerprint density at radius 3 is 1.84 bits per heavy atom. The minimum Gasteiger partial charge on any atom is -0.486 e. The maximum absolute atomic E-state index is 13.3. The first-order valence-electron chi connectivity index (χ1n) is 16.8.